The number of hydrogen-bond donors (Lipinski definition) is 1. The molecule has 3 aromatic rings. The molecule has 1 N–H and O–H groups in total. The van der Waals surface area contributed by atoms with Crippen molar-refractivity contribution in [3.8, 4) is 11.5 Å². The predicted octanol–water partition coefficient (Wildman–Crippen LogP) is 4.38. The monoisotopic (exact) mass is 362 g/mol. The number of methoxy groups -OCH3 is 2. The molecule has 1 heterocycles. The third-order valence-electron chi connectivity index (χ3n) is 4.98. The molecule has 0 aliphatic heterocycles. The van der Waals surface area contributed by atoms with E-state index in [-0.39, 0.29) is 5.78 Å². The standard InChI is InChI=1S/C22H22N2O3/c1-26-19-11-10-14(12-20(19)27-2)13-23-22-15-6-3-4-7-16(15)24-17-8-5-9-18(25)21(17)22/h3-4,6-7,10-12H,5,8-9,13H2,1-2H3,(H,23,24). The third kappa shape index (κ3) is 3.21. The molecule has 0 atom stereocenters. The Morgan fingerprint density at radius 2 is 1.85 bits per heavy atom. The van der Waals surface area contributed by atoms with Gasteiger partial charge < -0.3 is 14.8 Å². The number of nitrogens with zero attached hydrogens (tertiary/aromatic N) is 1. The van der Waals surface area contributed by atoms with Crippen LogP contribution in [0.5, 0.6) is 11.5 Å². The van der Waals surface area contributed by atoms with Crippen LogP contribution in [0.25, 0.3) is 10.9 Å². The molecule has 2 aromatic carbocycles. The quantitative estimate of drug-likeness (QED) is 0.730. The highest BCUT2D eigenvalue weighted by Gasteiger charge is 2.24. The first-order chi connectivity index (χ1) is 13.2. The maximum Gasteiger partial charge on any atom is 0.166 e. The second-order valence-corrected chi connectivity index (χ2v) is 6.65. The van der Waals surface area contributed by atoms with Gasteiger partial charge in [-0.1, -0.05) is 24.3 Å². The van der Waals surface area contributed by atoms with Gasteiger partial charge in [0.15, 0.2) is 17.3 Å². The van der Waals surface area contributed by atoms with E-state index in [2.05, 4.69) is 5.32 Å². The van der Waals surface area contributed by atoms with E-state index >= 15 is 0 Å². The van der Waals surface area contributed by atoms with Gasteiger partial charge in [-0.25, -0.2) is 0 Å². The van der Waals surface area contributed by atoms with Crippen molar-refractivity contribution in [2.24, 2.45) is 0 Å². The van der Waals surface area contributed by atoms with Crippen molar-refractivity contribution in [2.45, 2.75) is 25.8 Å². The lowest BCUT2D eigenvalue weighted by Crippen LogP contribution is -2.16. The molecule has 5 nitrogen and oxygen atoms in total. The van der Waals surface area contributed by atoms with Crippen LogP contribution < -0.4 is 14.8 Å². The minimum atomic E-state index is 0.171. The lowest BCUT2D eigenvalue weighted by Gasteiger charge is -2.21. The van der Waals surface area contributed by atoms with Crippen LogP contribution in [0, 0.1) is 0 Å². The molecular weight excluding hydrogens is 340 g/mol. The second kappa shape index (κ2) is 7.27. The Labute approximate surface area is 158 Å². The summed E-state index contributed by atoms with van der Waals surface area (Å²) in [5.41, 5.74) is 4.50. The number of rotatable bonds is 5. The number of ketones is 1. The molecule has 0 radical (unpaired) electrons. The van der Waals surface area contributed by atoms with Gasteiger partial charge in [-0.05, 0) is 36.6 Å². The zero-order valence-electron chi connectivity index (χ0n) is 15.5. The molecule has 0 bridgehead atoms. The highest BCUT2D eigenvalue weighted by Crippen LogP contribution is 2.34. The summed E-state index contributed by atoms with van der Waals surface area (Å²) in [5, 5.41) is 4.47. The van der Waals surface area contributed by atoms with E-state index in [1.54, 1.807) is 14.2 Å². The van der Waals surface area contributed by atoms with Crippen LogP contribution in [-0.4, -0.2) is 25.0 Å². The molecule has 0 spiro atoms. The number of aryl methyl sites for hydroxylation is 1. The van der Waals surface area contributed by atoms with E-state index in [9.17, 15) is 4.79 Å². The minimum absolute atomic E-state index is 0.171. The summed E-state index contributed by atoms with van der Waals surface area (Å²) in [4.78, 5) is 17.4. The first-order valence-corrected chi connectivity index (χ1v) is 9.11. The van der Waals surface area contributed by atoms with Crippen molar-refractivity contribution in [1.82, 2.24) is 4.98 Å². The van der Waals surface area contributed by atoms with E-state index in [0.717, 1.165) is 46.3 Å². The van der Waals surface area contributed by atoms with Crippen LogP contribution in [-0.2, 0) is 13.0 Å². The number of pyridine rings is 1. The first kappa shape index (κ1) is 17.3. The molecule has 1 aliphatic carbocycles. The van der Waals surface area contributed by atoms with Gasteiger partial charge in [0.2, 0.25) is 0 Å². The fraction of sp³-hybridized carbons (Fsp3) is 0.273. The van der Waals surface area contributed by atoms with E-state index in [4.69, 9.17) is 14.5 Å². The van der Waals surface area contributed by atoms with Crippen molar-refractivity contribution in [2.75, 3.05) is 19.5 Å². The Morgan fingerprint density at radius 1 is 1.04 bits per heavy atom. The number of Topliss-reactive ketones (excluding diaryl/α,β-unsaturated/α-hetero) is 1. The van der Waals surface area contributed by atoms with Gasteiger partial charge in [-0.15, -0.1) is 0 Å². The van der Waals surface area contributed by atoms with E-state index < -0.39 is 0 Å². The van der Waals surface area contributed by atoms with Crippen LogP contribution in [0.2, 0.25) is 0 Å². The Kier molecular flexibility index (Phi) is 4.67. The first-order valence-electron chi connectivity index (χ1n) is 9.11. The molecule has 0 fully saturated rings. The number of fused-ring (bicyclic) bond motifs is 2. The number of hydrogen-bond acceptors (Lipinski definition) is 5. The van der Waals surface area contributed by atoms with Crippen LogP contribution in [0.15, 0.2) is 42.5 Å². The smallest absolute Gasteiger partial charge is 0.166 e. The number of nitrogens with one attached hydrogen (secondary N) is 1. The molecule has 1 aliphatic rings. The molecule has 0 unspecified atom stereocenters. The fourth-order valence-corrected chi connectivity index (χ4v) is 3.65. The summed E-state index contributed by atoms with van der Waals surface area (Å²) in [6.07, 6.45) is 2.29. The summed E-state index contributed by atoms with van der Waals surface area (Å²) < 4.78 is 10.7. The molecule has 0 amide bonds. The summed E-state index contributed by atoms with van der Waals surface area (Å²) in [7, 11) is 3.25. The van der Waals surface area contributed by atoms with Crippen molar-refractivity contribution in [1.29, 1.82) is 0 Å². The molecule has 138 valence electrons. The Morgan fingerprint density at radius 3 is 2.67 bits per heavy atom. The highest BCUT2D eigenvalue weighted by molar-refractivity contribution is 6.09. The number of para-hydroxylation sites is 1. The number of anilines is 1. The normalized spacial score (nSPS) is 13.3. The van der Waals surface area contributed by atoms with Crippen molar-refractivity contribution >= 4 is 22.4 Å². The van der Waals surface area contributed by atoms with Gasteiger partial charge in [0.1, 0.15) is 0 Å². The van der Waals surface area contributed by atoms with Crippen molar-refractivity contribution < 1.29 is 14.3 Å². The predicted molar refractivity (Wildman–Crippen MR) is 106 cm³/mol. The maximum absolute atomic E-state index is 12.6. The number of carbonyl (C=O) groups excluding carboxylic acids is 1. The van der Waals surface area contributed by atoms with E-state index in [1.807, 2.05) is 42.5 Å². The highest BCUT2D eigenvalue weighted by atomic mass is 16.5. The van der Waals surface area contributed by atoms with Crippen LogP contribution >= 0.6 is 0 Å². The lowest BCUT2D eigenvalue weighted by atomic mass is 9.91. The Bertz CT molecular complexity index is 1010. The molecule has 5 heteroatoms. The summed E-state index contributed by atoms with van der Waals surface area (Å²) in [6, 6.07) is 13.8. The zero-order chi connectivity index (χ0) is 18.8. The van der Waals surface area contributed by atoms with Crippen LogP contribution in [0.1, 0.15) is 34.5 Å². The van der Waals surface area contributed by atoms with Gasteiger partial charge in [0, 0.05) is 18.4 Å². The van der Waals surface area contributed by atoms with Crippen LogP contribution in [0.4, 0.5) is 5.69 Å². The Balaban J connectivity index is 1.73. The molecule has 0 saturated carbocycles. The number of carbonyl (C=O) groups is 1. The number of aromatic nitrogens is 1. The maximum atomic E-state index is 12.6. The van der Waals surface area contributed by atoms with E-state index in [0.29, 0.717) is 24.5 Å². The molecule has 4 rings (SSSR count). The zero-order valence-corrected chi connectivity index (χ0v) is 15.5. The van der Waals surface area contributed by atoms with Crippen molar-refractivity contribution in [3.05, 3.63) is 59.3 Å². The van der Waals surface area contributed by atoms with Gasteiger partial charge in [0.25, 0.3) is 0 Å². The Hall–Kier alpha value is -3.08. The summed E-state index contributed by atoms with van der Waals surface area (Å²) in [6.45, 7) is 0.577. The lowest BCUT2D eigenvalue weighted by molar-refractivity contribution is 0.0972. The average Bonchev–Trinajstić information content (AvgIpc) is 2.71. The van der Waals surface area contributed by atoms with Gasteiger partial charge in [-0.2, -0.15) is 0 Å². The van der Waals surface area contributed by atoms with Gasteiger partial charge >= 0.3 is 0 Å². The van der Waals surface area contributed by atoms with E-state index in [1.165, 1.54) is 0 Å². The topological polar surface area (TPSA) is 60.5 Å². The SMILES string of the molecule is COc1ccc(CNc2c3c(nc4ccccc24)CCCC3=O)cc1OC. The van der Waals surface area contributed by atoms with Crippen molar-refractivity contribution in [3.63, 3.8) is 0 Å². The minimum Gasteiger partial charge on any atom is -0.493 e. The summed E-state index contributed by atoms with van der Waals surface area (Å²) >= 11 is 0. The average molecular weight is 362 g/mol. The molecule has 1 aromatic heterocycles. The largest absolute Gasteiger partial charge is 0.493 e. The van der Waals surface area contributed by atoms with Gasteiger partial charge in [-0.3, -0.25) is 9.78 Å². The summed E-state index contributed by atoms with van der Waals surface area (Å²) in [5.74, 6) is 1.56. The number of benzene rings is 2. The fourth-order valence-electron chi connectivity index (χ4n) is 3.65. The molecule has 0 saturated heterocycles. The van der Waals surface area contributed by atoms with Crippen LogP contribution in [0.3, 0.4) is 0 Å². The number of ether oxygens (including phenoxy) is 2. The molecular formula is C22H22N2O3. The van der Waals surface area contributed by atoms with Gasteiger partial charge in [0.05, 0.1) is 36.7 Å². The molecule has 27 heavy (non-hydrogen) atoms. The third-order valence-corrected chi connectivity index (χ3v) is 4.98. The second-order valence-electron chi connectivity index (χ2n) is 6.65.